The molecule has 154 valence electrons. The van der Waals surface area contributed by atoms with Gasteiger partial charge < -0.3 is 19.3 Å². The first kappa shape index (κ1) is 22.5. The summed E-state index contributed by atoms with van der Waals surface area (Å²) in [6.45, 7) is 3.60. The maximum atomic E-state index is 12.9. The van der Waals surface area contributed by atoms with Gasteiger partial charge in [-0.05, 0) is 62.0 Å². The van der Waals surface area contributed by atoms with Crippen LogP contribution in [0.4, 0.5) is 0 Å². The maximum Gasteiger partial charge on any atom is 0.254 e. The molecule has 0 fully saturated rings. The van der Waals surface area contributed by atoms with Crippen LogP contribution in [-0.2, 0) is 12.8 Å². The Morgan fingerprint density at radius 3 is 2.61 bits per heavy atom. The van der Waals surface area contributed by atoms with E-state index in [2.05, 4.69) is 29.5 Å². The molecule has 1 amide bonds. The Kier molecular flexibility index (Phi) is 8.60. The molecule has 0 spiro atoms. The van der Waals surface area contributed by atoms with E-state index in [4.69, 9.17) is 9.47 Å². The van der Waals surface area contributed by atoms with E-state index in [1.54, 1.807) is 14.2 Å². The molecule has 5 nitrogen and oxygen atoms in total. The fourth-order valence-electron chi connectivity index (χ4n) is 3.47. The monoisotopic (exact) mass is 424 g/mol. The maximum absolute atomic E-state index is 12.9. The minimum atomic E-state index is 0. The number of carbonyl (C=O) groups is 1. The van der Waals surface area contributed by atoms with Crippen molar-refractivity contribution in [3.63, 3.8) is 0 Å². The highest BCUT2D eigenvalue weighted by atomic mass is 35.5. The summed E-state index contributed by atoms with van der Waals surface area (Å²) in [4.78, 5) is 18.6. The Bertz CT molecular complexity index is 767. The number of benzene rings is 1. The molecule has 2 aromatic rings. The van der Waals surface area contributed by atoms with Crippen LogP contribution < -0.4 is 9.47 Å². The van der Waals surface area contributed by atoms with Crippen LogP contribution in [0.3, 0.4) is 0 Å². The molecule has 2 heterocycles. The molecule has 0 saturated carbocycles. The van der Waals surface area contributed by atoms with Gasteiger partial charge in [-0.25, -0.2) is 0 Å². The second-order valence-corrected chi connectivity index (χ2v) is 7.92. The third kappa shape index (κ3) is 5.40. The normalized spacial score (nSPS) is 13.3. The van der Waals surface area contributed by atoms with Crippen molar-refractivity contribution in [3.05, 3.63) is 45.6 Å². The first-order valence-corrected chi connectivity index (χ1v) is 10.3. The Balaban J connectivity index is 0.00000280. The number of hydrogen-bond donors (Lipinski definition) is 0. The number of hydrogen-bond acceptors (Lipinski definition) is 5. The Morgan fingerprint density at radius 1 is 1.18 bits per heavy atom. The Morgan fingerprint density at radius 2 is 1.93 bits per heavy atom. The van der Waals surface area contributed by atoms with Crippen LogP contribution in [-0.4, -0.2) is 63.2 Å². The molecule has 0 atom stereocenters. The van der Waals surface area contributed by atoms with Crippen molar-refractivity contribution in [1.29, 1.82) is 0 Å². The molecular formula is C21H29ClN2O3S. The number of likely N-dealkylation sites (N-methyl/N-ethyl adjacent to an activating group) is 1. The summed E-state index contributed by atoms with van der Waals surface area (Å²) < 4.78 is 10.7. The summed E-state index contributed by atoms with van der Waals surface area (Å²) in [6.07, 6.45) is 2.93. The van der Waals surface area contributed by atoms with Gasteiger partial charge in [0, 0.05) is 30.1 Å². The molecule has 1 aliphatic rings. The summed E-state index contributed by atoms with van der Waals surface area (Å²) in [7, 11) is 5.37. The number of nitrogens with zero attached hydrogens (tertiary/aromatic N) is 2. The van der Waals surface area contributed by atoms with Crippen LogP contribution in [0.1, 0.15) is 27.2 Å². The summed E-state index contributed by atoms with van der Waals surface area (Å²) in [6, 6.07) is 8.04. The standard InChI is InChI=1S/C21H28N2O3S.ClH/c1-22(11-8-17-6-4-13-27-17)9-5-10-23-12-7-16-14-19(25-2)20(26-3)15-18(16)21(23)24;/h4,6,13-15H,5,7-12H2,1-3H3;1H. The van der Waals surface area contributed by atoms with Crippen LogP contribution >= 0.6 is 23.7 Å². The van der Waals surface area contributed by atoms with Crippen LogP contribution in [0.25, 0.3) is 0 Å². The van der Waals surface area contributed by atoms with Gasteiger partial charge in [0.25, 0.3) is 5.91 Å². The third-order valence-electron chi connectivity index (χ3n) is 5.07. The van der Waals surface area contributed by atoms with Crippen molar-refractivity contribution in [2.24, 2.45) is 0 Å². The van der Waals surface area contributed by atoms with Crippen molar-refractivity contribution in [2.75, 3.05) is 47.4 Å². The van der Waals surface area contributed by atoms with Gasteiger partial charge in [0.15, 0.2) is 11.5 Å². The number of thiophene rings is 1. The van der Waals surface area contributed by atoms with E-state index < -0.39 is 0 Å². The zero-order valence-corrected chi connectivity index (χ0v) is 18.4. The van der Waals surface area contributed by atoms with Gasteiger partial charge in [0.05, 0.1) is 14.2 Å². The molecule has 28 heavy (non-hydrogen) atoms. The predicted molar refractivity (Wildman–Crippen MR) is 117 cm³/mol. The smallest absolute Gasteiger partial charge is 0.254 e. The Labute approximate surface area is 177 Å². The number of methoxy groups -OCH3 is 2. The molecule has 0 unspecified atom stereocenters. The highest BCUT2D eigenvalue weighted by Gasteiger charge is 2.26. The molecule has 0 bridgehead atoms. The molecule has 1 aliphatic heterocycles. The van der Waals surface area contributed by atoms with E-state index in [9.17, 15) is 4.79 Å². The van der Waals surface area contributed by atoms with Gasteiger partial charge in [-0.15, -0.1) is 23.7 Å². The molecule has 0 aliphatic carbocycles. The number of halogens is 1. The lowest BCUT2D eigenvalue weighted by atomic mass is 9.98. The average Bonchev–Trinajstić information content (AvgIpc) is 3.21. The van der Waals surface area contributed by atoms with Crippen molar-refractivity contribution in [2.45, 2.75) is 19.3 Å². The highest BCUT2D eigenvalue weighted by molar-refractivity contribution is 7.09. The van der Waals surface area contributed by atoms with Gasteiger partial charge >= 0.3 is 0 Å². The van der Waals surface area contributed by atoms with E-state index in [0.717, 1.165) is 56.6 Å². The molecule has 1 aromatic carbocycles. The zero-order valence-electron chi connectivity index (χ0n) is 16.8. The van der Waals surface area contributed by atoms with Crippen molar-refractivity contribution in [1.82, 2.24) is 9.80 Å². The first-order chi connectivity index (χ1) is 13.1. The molecule has 7 heteroatoms. The van der Waals surface area contributed by atoms with Crippen molar-refractivity contribution < 1.29 is 14.3 Å². The number of carbonyl (C=O) groups excluding carboxylic acids is 1. The van der Waals surface area contributed by atoms with Gasteiger partial charge in [-0.3, -0.25) is 4.79 Å². The van der Waals surface area contributed by atoms with Crippen LogP contribution in [0.5, 0.6) is 11.5 Å². The summed E-state index contributed by atoms with van der Waals surface area (Å²) in [5, 5.41) is 2.12. The number of amides is 1. The molecule has 0 saturated heterocycles. The second-order valence-electron chi connectivity index (χ2n) is 6.89. The second kappa shape index (κ2) is 10.7. The molecule has 0 radical (unpaired) electrons. The lowest BCUT2D eigenvalue weighted by Crippen LogP contribution is -2.39. The van der Waals surface area contributed by atoms with E-state index in [1.807, 2.05) is 28.4 Å². The van der Waals surface area contributed by atoms with Gasteiger partial charge in [0.2, 0.25) is 0 Å². The van der Waals surface area contributed by atoms with E-state index in [0.29, 0.717) is 11.5 Å². The fourth-order valence-corrected chi connectivity index (χ4v) is 4.17. The van der Waals surface area contributed by atoms with Crippen molar-refractivity contribution >= 4 is 29.7 Å². The van der Waals surface area contributed by atoms with Crippen molar-refractivity contribution in [3.8, 4) is 11.5 Å². The topological polar surface area (TPSA) is 42.0 Å². The van der Waals surface area contributed by atoms with E-state index in [-0.39, 0.29) is 18.3 Å². The summed E-state index contributed by atoms with van der Waals surface area (Å²) >= 11 is 1.81. The SMILES string of the molecule is COc1cc2c(cc1OC)C(=O)N(CCCN(C)CCc1cccs1)CC2.Cl. The summed E-state index contributed by atoms with van der Waals surface area (Å²) in [5.74, 6) is 1.39. The molecular weight excluding hydrogens is 396 g/mol. The predicted octanol–water partition coefficient (Wildman–Crippen LogP) is 3.75. The third-order valence-corrected chi connectivity index (χ3v) is 6.00. The quantitative estimate of drug-likeness (QED) is 0.614. The average molecular weight is 425 g/mol. The molecule has 1 aromatic heterocycles. The molecule has 3 rings (SSSR count). The lowest BCUT2D eigenvalue weighted by Gasteiger charge is -2.30. The van der Waals surface area contributed by atoms with Gasteiger partial charge in [-0.2, -0.15) is 0 Å². The molecule has 0 N–H and O–H groups in total. The van der Waals surface area contributed by atoms with Gasteiger partial charge in [-0.1, -0.05) is 6.07 Å². The first-order valence-electron chi connectivity index (χ1n) is 9.37. The van der Waals surface area contributed by atoms with Gasteiger partial charge in [0.1, 0.15) is 0 Å². The minimum Gasteiger partial charge on any atom is -0.493 e. The zero-order chi connectivity index (χ0) is 19.2. The van der Waals surface area contributed by atoms with Crippen LogP contribution in [0, 0.1) is 0 Å². The number of ether oxygens (including phenoxy) is 2. The highest BCUT2D eigenvalue weighted by Crippen LogP contribution is 2.33. The Hall–Kier alpha value is -1.76. The van der Waals surface area contributed by atoms with Crippen LogP contribution in [0.15, 0.2) is 29.6 Å². The fraction of sp³-hybridized carbons (Fsp3) is 0.476. The lowest BCUT2D eigenvalue weighted by molar-refractivity contribution is 0.0732. The minimum absolute atomic E-state index is 0. The summed E-state index contributed by atoms with van der Waals surface area (Å²) in [5.41, 5.74) is 1.78. The van der Waals surface area contributed by atoms with Crippen LogP contribution in [0.2, 0.25) is 0 Å². The number of fused-ring (bicyclic) bond motifs is 1. The largest absolute Gasteiger partial charge is 0.493 e. The van der Waals surface area contributed by atoms with E-state index in [1.165, 1.54) is 4.88 Å². The number of rotatable bonds is 9. The van der Waals surface area contributed by atoms with E-state index >= 15 is 0 Å².